The highest BCUT2D eigenvalue weighted by Gasteiger charge is 2.53. The van der Waals surface area contributed by atoms with E-state index in [0.29, 0.717) is 42.5 Å². The standard InChI is InChI=1S/C29H35F4N3O4.C2HF3O2/c1-38-24-6-3-18(15-25(24)39-2)28-10-7-20(17-26(28)36(12-11-28)21-8-13-40-14-9-21)35-27(37)34-19-4-5-23(30)22(16-19)29(31,32)33;3-2(4,5)1(6)7/h3-6,15-16,20-21,26H,7-14,17H2,1-2H3,(H2,34,35,37);(H,6,7)/t20-,26+,28+;/m1./s1. The molecule has 260 valence electrons. The number of hydrogen-bond donors (Lipinski definition) is 3. The number of halogens is 7. The number of nitrogens with one attached hydrogen (secondary N) is 2. The summed E-state index contributed by atoms with van der Waals surface area (Å²) in [5.41, 5.74) is -0.490. The summed E-state index contributed by atoms with van der Waals surface area (Å²) in [6.07, 6.45) is -4.85. The molecule has 3 fully saturated rings. The summed E-state index contributed by atoms with van der Waals surface area (Å²) in [6.45, 7) is 2.37. The van der Waals surface area contributed by atoms with Gasteiger partial charge in [0.2, 0.25) is 0 Å². The topological polar surface area (TPSA) is 109 Å². The molecule has 0 aromatic heterocycles. The quantitative estimate of drug-likeness (QED) is 0.305. The maximum Gasteiger partial charge on any atom is 0.490 e. The molecule has 3 atom stereocenters. The first kappa shape index (κ1) is 36.1. The summed E-state index contributed by atoms with van der Waals surface area (Å²) < 4.78 is 101. The molecule has 5 rings (SSSR count). The van der Waals surface area contributed by atoms with Gasteiger partial charge in [0.05, 0.1) is 19.8 Å². The number of anilines is 1. The predicted octanol–water partition coefficient (Wildman–Crippen LogP) is 6.36. The van der Waals surface area contributed by atoms with Gasteiger partial charge in [0.25, 0.3) is 0 Å². The van der Waals surface area contributed by atoms with Gasteiger partial charge in [-0.15, -0.1) is 0 Å². The summed E-state index contributed by atoms with van der Waals surface area (Å²) in [5.74, 6) is -2.80. The van der Waals surface area contributed by atoms with E-state index in [4.69, 9.17) is 24.1 Å². The molecular formula is C31H36F7N3O6. The number of carboxylic acids is 1. The Morgan fingerprint density at radius 1 is 0.957 bits per heavy atom. The molecule has 9 nitrogen and oxygen atoms in total. The van der Waals surface area contributed by atoms with Crippen molar-refractivity contribution in [2.24, 2.45) is 0 Å². The van der Waals surface area contributed by atoms with Crippen LogP contribution in [0.15, 0.2) is 36.4 Å². The maximum absolute atomic E-state index is 13.7. The number of likely N-dealkylation sites (tertiary alicyclic amines) is 1. The van der Waals surface area contributed by atoms with Crippen molar-refractivity contribution >= 4 is 17.7 Å². The van der Waals surface area contributed by atoms with Crippen molar-refractivity contribution in [1.29, 1.82) is 0 Å². The van der Waals surface area contributed by atoms with Crippen molar-refractivity contribution in [3.05, 3.63) is 53.3 Å². The van der Waals surface area contributed by atoms with Crippen LogP contribution in [-0.2, 0) is 21.1 Å². The van der Waals surface area contributed by atoms with Crippen LogP contribution in [0.4, 0.5) is 41.2 Å². The number of benzene rings is 2. The van der Waals surface area contributed by atoms with E-state index >= 15 is 0 Å². The van der Waals surface area contributed by atoms with Crippen molar-refractivity contribution in [2.45, 2.75) is 74.4 Å². The molecule has 47 heavy (non-hydrogen) atoms. The monoisotopic (exact) mass is 679 g/mol. The molecule has 16 heteroatoms. The molecule has 2 amide bonds. The van der Waals surface area contributed by atoms with Crippen LogP contribution in [0.1, 0.15) is 49.7 Å². The second-order valence-electron chi connectivity index (χ2n) is 11.6. The van der Waals surface area contributed by atoms with Crippen LogP contribution in [0.3, 0.4) is 0 Å². The van der Waals surface area contributed by atoms with Crippen LogP contribution in [0.2, 0.25) is 0 Å². The van der Waals surface area contributed by atoms with Gasteiger partial charge in [-0.1, -0.05) is 6.07 Å². The summed E-state index contributed by atoms with van der Waals surface area (Å²) in [7, 11) is 3.23. The van der Waals surface area contributed by atoms with Crippen LogP contribution < -0.4 is 20.1 Å². The number of carbonyl (C=O) groups is 2. The molecule has 1 aliphatic carbocycles. The average Bonchev–Trinajstić information content (AvgIpc) is 3.41. The van der Waals surface area contributed by atoms with Gasteiger partial charge in [0.1, 0.15) is 5.82 Å². The Balaban J connectivity index is 0.000000644. The number of aliphatic carboxylic acids is 1. The summed E-state index contributed by atoms with van der Waals surface area (Å²) in [6, 6.07) is 8.29. The minimum absolute atomic E-state index is 0.119. The number of urea groups is 1. The molecule has 1 saturated carbocycles. The Labute approximate surface area is 266 Å². The number of hydrogen-bond acceptors (Lipinski definition) is 6. The van der Waals surface area contributed by atoms with E-state index in [1.807, 2.05) is 6.07 Å². The maximum atomic E-state index is 13.7. The van der Waals surface area contributed by atoms with Crippen molar-refractivity contribution in [3.63, 3.8) is 0 Å². The predicted molar refractivity (Wildman–Crippen MR) is 155 cm³/mol. The lowest BCUT2D eigenvalue weighted by Gasteiger charge is -2.47. The van der Waals surface area contributed by atoms with Crippen LogP contribution in [0.25, 0.3) is 0 Å². The second-order valence-corrected chi connectivity index (χ2v) is 11.6. The van der Waals surface area contributed by atoms with Crippen LogP contribution in [0, 0.1) is 5.82 Å². The third-order valence-corrected chi connectivity index (χ3v) is 9.03. The molecule has 3 aliphatic rings. The van der Waals surface area contributed by atoms with Crippen molar-refractivity contribution in [2.75, 3.05) is 39.3 Å². The van der Waals surface area contributed by atoms with E-state index in [2.05, 4.69) is 27.7 Å². The Morgan fingerprint density at radius 2 is 1.62 bits per heavy atom. The third-order valence-electron chi connectivity index (χ3n) is 9.03. The number of carbonyl (C=O) groups excluding carboxylic acids is 1. The fraction of sp³-hybridized carbons (Fsp3) is 0.548. The normalized spacial score (nSPS) is 23.6. The van der Waals surface area contributed by atoms with Gasteiger partial charge < -0.3 is 30.0 Å². The van der Waals surface area contributed by atoms with Crippen LogP contribution in [0.5, 0.6) is 11.5 Å². The molecule has 2 aromatic carbocycles. The first-order valence-electron chi connectivity index (χ1n) is 14.9. The number of alkyl halides is 6. The van der Waals surface area contributed by atoms with E-state index in [-0.39, 0.29) is 23.2 Å². The van der Waals surface area contributed by atoms with E-state index in [1.165, 1.54) is 5.56 Å². The smallest absolute Gasteiger partial charge is 0.490 e. The molecule has 0 radical (unpaired) electrons. The Hall–Kier alpha value is -3.79. The lowest BCUT2D eigenvalue weighted by molar-refractivity contribution is -0.192. The Kier molecular flexibility index (Phi) is 11.2. The molecule has 2 aromatic rings. The molecule has 3 N–H and O–H groups in total. The van der Waals surface area contributed by atoms with E-state index in [0.717, 1.165) is 51.5 Å². The summed E-state index contributed by atoms with van der Waals surface area (Å²) >= 11 is 0. The number of amides is 2. The van der Waals surface area contributed by atoms with Crippen molar-refractivity contribution in [1.82, 2.24) is 10.2 Å². The van der Waals surface area contributed by atoms with Crippen LogP contribution in [-0.4, -0.2) is 80.3 Å². The lowest BCUT2D eigenvalue weighted by Crippen LogP contribution is -2.55. The molecule has 0 bridgehead atoms. The number of ether oxygens (including phenoxy) is 3. The SMILES string of the molecule is COc1ccc([C@@]23CC[C@@H](NC(=O)Nc4ccc(F)c(C(F)(F)F)c4)C[C@@H]2N(C2CCOCC2)CC3)cc1OC.O=C(O)C(F)(F)F. The van der Waals surface area contributed by atoms with Gasteiger partial charge >= 0.3 is 24.4 Å². The van der Waals surface area contributed by atoms with E-state index in [9.17, 15) is 35.5 Å². The van der Waals surface area contributed by atoms with E-state index in [1.54, 1.807) is 14.2 Å². The van der Waals surface area contributed by atoms with Gasteiger partial charge in [-0.25, -0.2) is 14.0 Å². The molecule has 2 aliphatic heterocycles. The second kappa shape index (κ2) is 14.5. The fourth-order valence-electron chi connectivity index (χ4n) is 6.82. The van der Waals surface area contributed by atoms with Crippen LogP contribution >= 0.6 is 0 Å². The molecular weight excluding hydrogens is 643 g/mol. The fourth-order valence-corrected chi connectivity index (χ4v) is 6.82. The zero-order valence-electron chi connectivity index (χ0n) is 25.6. The average molecular weight is 680 g/mol. The zero-order valence-corrected chi connectivity index (χ0v) is 25.6. The largest absolute Gasteiger partial charge is 0.493 e. The minimum atomic E-state index is -5.08. The van der Waals surface area contributed by atoms with Gasteiger partial charge in [-0.05, 0) is 81.0 Å². The first-order chi connectivity index (χ1) is 22.1. The number of fused-ring (bicyclic) bond motifs is 1. The molecule has 0 spiro atoms. The molecule has 2 saturated heterocycles. The minimum Gasteiger partial charge on any atom is -0.493 e. The highest BCUT2D eigenvalue weighted by molar-refractivity contribution is 5.89. The summed E-state index contributed by atoms with van der Waals surface area (Å²) in [5, 5.41) is 12.5. The number of nitrogens with zero attached hydrogens (tertiary/aromatic N) is 1. The highest BCUT2D eigenvalue weighted by atomic mass is 19.4. The lowest BCUT2D eigenvalue weighted by atomic mass is 9.65. The number of carboxylic acid groups (broad SMARTS) is 1. The zero-order chi connectivity index (χ0) is 34.6. The van der Waals surface area contributed by atoms with Crippen molar-refractivity contribution in [3.8, 4) is 11.5 Å². The van der Waals surface area contributed by atoms with Crippen molar-refractivity contribution < 1.29 is 59.6 Å². The number of methoxy groups -OCH3 is 2. The number of rotatable bonds is 6. The van der Waals surface area contributed by atoms with Gasteiger partial charge in [0, 0.05) is 42.4 Å². The summed E-state index contributed by atoms with van der Waals surface area (Å²) in [4.78, 5) is 24.3. The van der Waals surface area contributed by atoms with Gasteiger partial charge in [-0.3, -0.25) is 4.90 Å². The Morgan fingerprint density at radius 3 is 2.21 bits per heavy atom. The molecule has 2 heterocycles. The van der Waals surface area contributed by atoms with Gasteiger partial charge in [-0.2, -0.15) is 26.3 Å². The Bertz CT molecular complexity index is 1420. The highest BCUT2D eigenvalue weighted by Crippen LogP contribution is 2.51. The third kappa shape index (κ3) is 8.39. The van der Waals surface area contributed by atoms with Gasteiger partial charge in [0.15, 0.2) is 11.5 Å². The molecule has 0 unspecified atom stereocenters. The first-order valence-corrected chi connectivity index (χ1v) is 14.9. The van der Waals surface area contributed by atoms with E-state index < -0.39 is 35.7 Å².